The van der Waals surface area contributed by atoms with Gasteiger partial charge in [-0.1, -0.05) is 30.3 Å². The average molecular weight is 490 g/mol. The highest BCUT2D eigenvalue weighted by Crippen LogP contribution is 2.24. The van der Waals surface area contributed by atoms with Crippen LogP contribution in [0, 0.1) is 5.82 Å². The number of hydrogen-bond donors (Lipinski definition) is 2. The van der Waals surface area contributed by atoms with E-state index in [-0.39, 0.29) is 11.5 Å². The van der Waals surface area contributed by atoms with Gasteiger partial charge in [-0.3, -0.25) is 4.79 Å². The summed E-state index contributed by atoms with van der Waals surface area (Å²) in [7, 11) is 0. The monoisotopic (exact) mass is 489 g/mol. The van der Waals surface area contributed by atoms with Crippen LogP contribution in [0.3, 0.4) is 0 Å². The first-order valence-corrected chi connectivity index (χ1v) is 11.7. The van der Waals surface area contributed by atoms with E-state index in [2.05, 4.69) is 4.98 Å². The molecule has 0 saturated heterocycles. The van der Waals surface area contributed by atoms with Crippen LogP contribution in [-0.4, -0.2) is 26.7 Å². The maximum atomic E-state index is 13.0. The van der Waals surface area contributed by atoms with Crippen LogP contribution in [0.2, 0.25) is 0 Å². The zero-order chi connectivity index (χ0) is 25.3. The van der Waals surface area contributed by atoms with Gasteiger partial charge in [-0.15, -0.1) is 0 Å². The lowest BCUT2D eigenvalue weighted by Gasteiger charge is -2.14. The second kappa shape index (κ2) is 12.0. The molecule has 4 aromatic rings. The molecule has 36 heavy (non-hydrogen) atoms. The maximum Gasteiger partial charge on any atom is 0.268 e. The van der Waals surface area contributed by atoms with Crippen LogP contribution in [0.4, 0.5) is 4.39 Å². The summed E-state index contributed by atoms with van der Waals surface area (Å²) >= 11 is 0. The third-order valence-corrected chi connectivity index (χ3v) is 5.63. The van der Waals surface area contributed by atoms with Crippen LogP contribution in [0.1, 0.15) is 34.5 Å². The van der Waals surface area contributed by atoms with Gasteiger partial charge in [0.1, 0.15) is 35.4 Å². The Kier molecular flexibility index (Phi) is 8.31. The van der Waals surface area contributed by atoms with Crippen molar-refractivity contribution in [3.05, 3.63) is 108 Å². The summed E-state index contributed by atoms with van der Waals surface area (Å²) in [4.78, 5) is 15.1. The van der Waals surface area contributed by atoms with Crippen molar-refractivity contribution in [2.45, 2.75) is 38.5 Å². The van der Waals surface area contributed by atoms with Crippen molar-refractivity contribution in [2.75, 3.05) is 0 Å². The molecule has 0 radical (unpaired) electrons. The summed E-state index contributed by atoms with van der Waals surface area (Å²) in [6.45, 7) is 0.749. The minimum atomic E-state index is -0.589. The van der Waals surface area contributed by atoms with Gasteiger partial charge in [0, 0.05) is 12.7 Å². The predicted molar refractivity (Wildman–Crippen MR) is 133 cm³/mol. The molecule has 0 aliphatic heterocycles. The van der Waals surface area contributed by atoms with Crippen molar-refractivity contribution in [3.63, 3.8) is 0 Å². The molecular formula is C28H28FN3O4. The number of carbonyl (C=O) groups excluding carboxylic acids is 1. The van der Waals surface area contributed by atoms with Crippen LogP contribution in [-0.2, 0) is 19.6 Å². The molecule has 1 heterocycles. The summed E-state index contributed by atoms with van der Waals surface area (Å²) < 4.78 is 26.5. The first-order valence-electron chi connectivity index (χ1n) is 11.7. The maximum absolute atomic E-state index is 13.0. The first kappa shape index (κ1) is 24.9. The Morgan fingerprint density at radius 2 is 1.72 bits per heavy atom. The summed E-state index contributed by atoms with van der Waals surface area (Å²) in [6, 6.07) is 21.3. The van der Waals surface area contributed by atoms with Crippen molar-refractivity contribution in [1.29, 1.82) is 0 Å². The number of ether oxygens (including phenoxy) is 2. The summed E-state index contributed by atoms with van der Waals surface area (Å²) in [5, 5.41) is 10.4. The van der Waals surface area contributed by atoms with Gasteiger partial charge in [-0.2, -0.15) is 0 Å². The number of amides is 1. The van der Waals surface area contributed by atoms with E-state index < -0.39 is 12.0 Å². The van der Waals surface area contributed by atoms with Gasteiger partial charge in [0.15, 0.2) is 0 Å². The number of primary amides is 1. The fraction of sp³-hybridized carbons (Fsp3) is 0.214. The van der Waals surface area contributed by atoms with Crippen molar-refractivity contribution < 1.29 is 23.8 Å². The van der Waals surface area contributed by atoms with E-state index in [1.165, 1.54) is 24.7 Å². The molecule has 0 aliphatic carbocycles. The summed E-state index contributed by atoms with van der Waals surface area (Å²) in [5.74, 6) is 1.14. The third-order valence-electron chi connectivity index (χ3n) is 5.63. The Balaban J connectivity index is 1.25. The average Bonchev–Trinajstić information content (AvgIpc) is 3.34. The fourth-order valence-corrected chi connectivity index (χ4v) is 3.75. The Labute approximate surface area is 208 Å². The number of hydrogen-bond acceptors (Lipinski definition) is 5. The molecular weight excluding hydrogens is 461 g/mol. The molecule has 0 unspecified atom stereocenters. The zero-order valence-corrected chi connectivity index (χ0v) is 19.7. The molecule has 186 valence electrons. The first-order chi connectivity index (χ1) is 17.5. The topological polar surface area (TPSA) is 99.6 Å². The van der Waals surface area contributed by atoms with Gasteiger partial charge in [0.2, 0.25) is 0 Å². The van der Waals surface area contributed by atoms with E-state index in [1.807, 2.05) is 48.5 Å². The van der Waals surface area contributed by atoms with Crippen molar-refractivity contribution in [1.82, 2.24) is 9.55 Å². The molecule has 7 nitrogen and oxygen atoms in total. The van der Waals surface area contributed by atoms with E-state index in [9.17, 15) is 14.3 Å². The molecule has 3 aromatic carbocycles. The second-order valence-electron chi connectivity index (χ2n) is 8.46. The quantitative estimate of drug-likeness (QED) is 0.296. The molecule has 1 atom stereocenters. The number of nitrogens with two attached hydrogens (primary N) is 1. The third kappa shape index (κ3) is 7.16. The summed E-state index contributed by atoms with van der Waals surface area (Å²) in [6.07, 6.45) is 4.59. The Morgan fingerprint density at radius 1 is 1.03 bits per heavy atom. The van der Waals surface area contributed by atoms with Gasteiger partial charge in [0.25, 0.3) is 5.91 Å². The van der Waals surface area contributed by atoms with Crippen LogP contribution in [0.15, 0.2) is 85.3 Å². The SMILES string of the molecule is NC(=O)c1cn(C[C@@H](O)CCCc2ccccc2OCc2ccc(Oc3ccc(F)cc3)cc2)cn1. The number of nitrogens with zero attached hydrogens (tertiary/aromatic N) is 2. The lowest BCUT2D eigenvalue weighted by atomic mass is 10.0. The molecule has 0 saturated carbocycles. The molecule has 1 aromatic heterocycles. The largest absolute Gasteiger partial charge is 0.489 e. The Hall–Kier alpha value is -4.17. The Bertz CT molecular complexity index is 1270. The summed E-state index contributed by atoms with van der Waals surface area (Å²) in [5.41, 5.74) is 7.45. The minimum Gasteiger partial charge on any atom is -0.489 e. The molecule has 8 heteroatoms. The van der Waals surface area contributed by atoms with Crippen molar-refractivity contribution in [3.8, 4) is 17.2 Å². The number of aryl methyl sites for hydroxylation is 1. The van der Waals surface area contributed by atoms with E-state index in [0.29, 0.717) is 31.1 Å². The van der Waals surface area contributed by atoms with E-state index in [1.54, 1.807) is 16.7 Å². The molecule has 4 rings (SSSR count). The van der Waals surface area contributed by atoms with Gasteiger partial charge in [-0.05, 0) is 72.9 Å². The Morgan fingerprint density at radius 3 is 2.42 bits per heavy atom. The molecule has 0 fully saturated rings. The van der Waals surface area contributed by atoms with E-state index in [0.717, 1.165) is 29.7 Å². The highest BCUT2D eigenvalue weighted by Gasteiger charge is 2.10. The standard InChI is InChI=1S/C28H28FN3O4/c29-22-10-14-25(15-11-22)36-24-12-8-20(9-13-24)18-35-27-7-2-1-4-21(27)5-3-6-23(33)16-32-17-26(28(30)34)31-19-32/h1-2,4,7-15,17,19,23,33H,3,5-6,16,18H2,(H2,30,34)/t23-/m0/s1. The lowest BCUT2D eigenvalue weighted by molar-refractivity contribution is 0.0995. The van der Waals surface area contributed by atoms with E-state index in [4.69, 9.17) is 15.2 Å². The lowest BCUT2D eigenvalue weighted by Crippen LogP contribution is -2.15. The normalized spacial score (nSPS) is 11.7. The number of aliphatic hydroxyl groups is 1. The number of aromatic nitrogens is 2. The highest BCUT2D eigenvalue weighted by atomic mass is 19.1. The minimum absolute atomic E-state index is 0.184. The molecule has 3 N–H and O–H groups in total. The number of benzene rings is 3. The molecule has 0 spiro atoms. The molecule has 1 amide bonds. The molecule has 0 bridgehead atoms. The van der Waals surface area contributed by atoms with Crippen LogP contribution in [0.25, 0.3) is 0 Å². The number of aliphatic hydroxyl groups excluding tert-OH is 1. The number of halogens is 1. The predicted octanol–water partition coefficient (Wildman–Crippen LogP) is 4.88. The molecule has 0 aliphatic rings. The number of rotatable bonds is 12. The van der Waals surface area contributed by atoms with Gasteiger partial charge in [-0.25, -0.2) is 9.37 Å². The number of para-hydroxylation sites is 1. The second-order valence-corrected chi connectivity index (χ2v) is 8.46. The number of carbonyl (C=O) groups is 1. The van der Waals surface area contributed by atoms with Crippen molar-refractivity contribution >= 4 is 5.91 Å². The van der Waals surface area contributed by atoms with Crippen molar-refractivity contribution in [2.24, 2.45) is 5.73 Å². The zero-order valence-electron chi connectivity index (χ0n) is 19.7. The van der Waals surface area contributed by atoms with Crippen LogP contribution < -0.4 is 15.2 Å². The van der Waals surface area contributed by atoms with E-state index >= 15 is 0 Å². The highest BCUT2D eigenvalue weighted by molar-refractivity contribution is 5.90. The van der Waals surface area contributed by atoms with Crippen LogP contribution >= 0.6 is 0 Å². The smallest absolute Gasteiger partial charge is 0.268 e. The van der Waals surface area contributed by atoms with Gasteiger partial charge >= 0.3 is 0 Å². The fourth-order valence-electron chi connectivity index (χ4n) is 3.75. The van der Waals surface area contributed by atoms with Gasteiger partial charge in [0.05, 0.1) is 12.4 Å². The van der Waals surface area contributed by atoms with Crippen LogP contribution in [0.5, 0.6) is 17.2 Å². The van der Waals surface area contributed by atoms with Gasteiger partial charge < -0.3 is 24.9 Å². The number of imidazole rings is 1.